The summed E-state index contributed by atoms with van der Waals surface area (Å²) in [6.45, 7) is 2.18. The molecule has 6 nitrogen and oxygen atoms in total. The van der Waals surface area contributed by atoms with Gasteiger partial charge in [0.15, 0.2) is 5.11 Å². The molecule has 0 aliphatic carbocycles. The molecule has 1 amide bonds. The normalized spacial score (nSPS) is 12.1. The van der Waals surface area contributed by atoms with Crippen LogP contribution in [0.3, 0.4) is 0 Å². The van der Waals surface area contributed by atoms with Gasteiger partial charge in [-0.05, 0) is 42.9 Å². The maximum Gasteiger partial charge on any atom is 0.335 e. The van der Waals surface area contributed by atoms with Gasteiger partial charge < -0.3 is 21.1 Å². The Morgan fingerprint density at radius 2 is 1.57 bits per heavy atom. The first-order chi connectivity index (χ1) is 14.1. The molecule has 0 radical (unpaired) electrons. The zero-order chi connectivity index (χ0) is 22.6. The van der Waals surface area contributed by atoms with Crippen molar-refractivity contribution < 1.29 is 14.7 Å². The third kappa shape index (κ3) is 11.2. The van der Waals surface area contributed by atoms with Crippen LogP contribution in [0.5, 0.6) is 0 Å². The minimum Gasteiger partial charge on any atom is -0.478 e. The van der Waals surface area contributed by atoms with E-state index < -0.39 is 15.9 Å². The molecular weight excluding hydrogens is 469 g/mol. The summed E-state index contributed by atoms with van der Waals surface area (Å²) in [5.41, 5.74) is 0.700. The first-order valence-corrected chi connectivity index (χ1v) is 11.4. The van der Waals surface area contributed by atoms with E-state index in [1.807, 2.05) is 0 Å². The topological polar surface area (TPSA) is 90.5 Å². The SMILES string of the molecule is CCCCCCCCCC(=O)N[C@@H](NC(=S)Nc1ccc(C(=O)O)cc1)C(Cl)(Cl)Cl. The predicted molar refractivity (Wildman–Crippen MR) is 128 cm³/mol. The lowest BCUT2D eigenvalue weighted by Gasteiger charge is -2.27. The van der Waals surface area contributed by atoms with E-state index in [1.165, 1.54) is 37.8 Å². The summed E-state index contributed by atoms with van der Waals surface area (Å²) >= 11 is 23.1. The number of halogens is 3. The van der Waals surface area contributed by atoms with Gasteiger partial charge in [-0.3, -0.25) is 4.79 Å². The van der Waals surface area contributed by atoms with Crippen molar-refractivity contribution in [2.75, 3.05) is 5.32 Å². The number of anilines is 1. The highest BCUT2D eigenvalue weighted by Crippen LogP contribution is 2.29. The molecule has 1 aromatic carbocycles. The van der Waals surface area contributed by atoms with Crippen molar-refractivity contribution in [3.8, 4) is 0 Å². The molecular formula is C20H28Cl3N3O3S. The first-order valence-electron chi connectivity index (χ1n) is 9.90. The Hall–Kier alpha value is -1.28. The van der Waals surface area contributed by atoms with Gasteiger partial charge in [-0.2, -0.15) is 0 Å². The van der Waals surface area contributed by atoms with Gasteiger partial charge in [-0.15, -0.1) is 0 Å². The number of amides is 1. The monoisotopic (exact) mass is 495 g/mol. The van der Waals surface area contributed by atoms with Crippen molar-refractivity contribution >= 4 is 69.7 Å². The Balaban J connectivity index is 2.48. The highest BCUT2D eigenvalue weighted by molar-refractivity contribution is 7.80. The van der Waals surface area contributed by atoms with Crippen LogP contribution in [0.4, 0.5) is 5.69 Å². The number of carbonyl (C=O) groups excluding carboxylic acids is 1. The molecule has 0 heterocycles. The van der Waals surface area contributed by atoms with Crippen LogP contribution in [-0.4, -0.2) is 32.1 Å². The maximum absolute atomic E-state index is 12.2. The van der Waals surface area contributed by atoms with Gasteiger partial charge in [-0.1, -0.05) is 80.3 Å². The second-order valence-corrected chi connectivity index (χ2v) is 9.67. The fourth-order valence-electron chi connectivity index (χ4n) is 2.67. The first kappa shape index (κ1) is 26.8. The van der Waals surface area contributed by atoms with Crippen LogP contribution in [0.25, 0.3) is 0 Å². The molecule has 0 spiro atoms. The molecule has 0 bridgehead atoms. The molecule has 0 fully saturated rings. The Kier molecular flexibility index (Phi) is 12.4. The lowest BCUT2D eigenvalue weighted by molar-refractivity contribution is -0.122. The van der Waals surface area contributed by atoms with E-state index in [4.69, 9.17) is 52.1 Å². The molecule has 0 saturated carbocycles. The number of carboxylic acid groups (broad SMARTS) is 1. The molecule has 10 heteroatoms. The van der Waals surface area contributed by atoms with E-state index >= 15 is 0 Å². The number of alkyl halides is 3. The molecule has 0 aliphatic heterocycles. The van der Waals surface area contributed by atoms with Crippen LogP contribution in [0.1, 0.15) is 68.6 Å². The molecule has 1 rings (SSSR count). The lowest BCUT2D eigenvalue weighted by atomic mass is 10.1. The third-order valence-electron chi connectivity index (χ3n) is 4.31. The summed E-state index contributed by atoms with van der Waals surface area (Å²) in [4.78, 5) is 23.1. The van der Waals surface area contributed by atoms with E-state index in [0.29, 0.717) is 12.1 Å². The fourth-order valence-corrected chi connectivity index (χ4v) is 3.23. The van der Waals surface area contributed by atoms with Gasteiger partial charge in [0.2, 0.25) is 9.70 Å². The van der Waals surface area contributed by atoms with Crippen LogP contribution in [0.15, 0.2) is 24.3 Å². The number of hydrogen-bond acceptors (Lipinski definition) is 3. The molecule has 168 valence electrons. The molecule has 4 N–H and O–H groups in total. The Labute approximate surface area is 198 Å². The van der Waals surface area contributed by atoms with Crippen LogP contribution in [0, 0.1) is 0 Å². The van der Waals surface area contributed by atoms with Gasteiger partial charge in [0, 0.05) is 12.1 Å². The molecule has 0 aliphatic rings. The summed E-state index contributed by atoms with van der Waals surface area (Å²) in [6.07, 6.45) is 7.02. The number of unbranched alkanes of at least 4 members (excludes halogenated alkanes) is 6. The second-order valence-electron chi connectivity index (χ2n) is 6.89. The Morgan fingerprint density at radius 3 is 2.10 bits per heavy atom. The summed E-state index contributed by atoms with van der Waals surface area (Å²) in [5, 5.41) is 17.3. The standard InChI is InChI=1S/C20H28Cl3N3O3S/c1-2-3-4-5-6-7-8-9-16(27)25-18(20(21,22)23)26-19(30)24-15-12-10-14(11-13-15)17(28)29/h10-13,18H,2-9H2,1H3,(H,25,27)(H,28,29)(H2,24,26,30)/t18-/m0/s1. The number of thiocarbonyl (C=S) groups is 1. The predicted octanol–water partition coefficient (Wildman–Crippen LogP) is 5.62. The van der Waals surface area contributed by atoms with Gasteiger partial charge in [0.25, 0.3) is 0 Å². The fraction of sp³-hybridized carbons (Fsp3) is 0.550. The summed E-state index contributed by atoms with van der Waals surface area (Å²) in [6, 6.07) is 5.98. The highest BCUT2D eigenvalue weighted by atomic mass is 35.6. The molecule has 30 heavy (non-hydrogen) atoms. The third-order valence-corrected chi connectivity index (χ3v) is 5.18. The van der Waals surface area contributed by atoms with Gasteiger partial charge in [0.05, 0.1) is 5.56 Å². The molecule has 0 aromatic heterocycles. The molecule has 0 unspecified atom stereocenters. The highest BCUT2D eigenvalue weighted by Gasteiger charge is 2.34. The van der Waals surface area contributed by atoms with Crippen LogP contribution in [0.2, 0.25) is 0 Å². The van der Waals surface area contributed by atoms with Crippen molar-refractivity contribution in [2.45, 2.75) is 68.2 Å². The summed E-state index contributed by atoms with van der Waals surface area (Å²) in [5.74, 6) is -1.26. The molecule has 0 saturated heterocycles. The van der Waals surface area contributed by atoms with Gasteiger partial charge in [-0.25, -0.2) is 4.79 Å². The number of carbonyl (C=O) groups is 2. The quantitative estimate of drug-likeness (QED) is 0.130. The maximum atomic E-state index is 12.2. The summed E-state index contributed by atoms with van der Waals surface area (Å²) in [7, 11) is 0. The van der Waals surface area contributed by atoms with Crippen LogP contribution >= 0.6 is 47.0 Å². The van der Waals surface area contributed by atoms with Gasteiger partial charge >= 0.3 is 5.97 Å². The number of carboxylic acids is 1. The van der Waals surface area contributed by atoms with E-state index in [2.05, 4.69) is 22.9 Å². The van der Waals surface area contributed by atoms with Crippen molar-refractivity contribution in [1.29, 1.82) is 0 Å². The molecule has 1 aromatic rings. The zero-order valence-electron chi connectivity index (χ0n) is 16.8. The minimum absolute atomic E-state index is 0.116. The number of benzene rings is 1. The van der Waals surface area contributed by atoms with E-state index in [1.54, 1.807) is 12.1 Å². The second kappa shape index (κ2) is 13.9. The average molecular weight is 497 g/mol. The number of hydrogen-bond donors (Lipinski definition) is 4. The Bertz CT molecular complexity index is 697. The number of nitrogens with one attached hydrogen (secondary N) is 3. The van der Waals surface area contributed by atoms with Crippen molar-refractivity contribution in [3.63, 3.8) is 0 Å². The van der Waals surface area contributed by atoms with E-state index in [0.717, 1.165) is 19.3 Å². The average Bonchev–Trinajstić information content (AvgIpc) is 2.66. The largest absolute Gasteiger partial charge is 0.478 e. The number of aromatic carboxylic acids is 1. The van der Waals surface area contributed by atoms with Crippen molar-refractivity contribution in [3.05, 3.63) is 29.8 Å². The van der Waals surface area contributed by atoms with E-state index in [9.17, 15) is 9.59 Å². The zero-order valence-corrected chi connectivity index (χ0v) is 19.9. The molecule has 1 atom stereocenters. The van der Waals surface area contributed by atoms with Crippen LogP contribution < -0.4 is 16.0 Å². The lowest BCUT2D eigenvalue weighted by Crippen LogP contribution is -2.56. The van der Waals surface area contributed by atoms with Crippen LogP contribution in [-0.2, 0) is 4.79 Å². The smallest absolute Gasteiger partial charge is 0.335 e. The van der Waals surface area contributed by atoms with Crippen molar-refractivity contribution in [1.82, 2.24) is 10.6 Å². The number of rotatable bonds is 12. The van der Waals surface area contributed by atoms with Crippen molar-refractivity contribution in [2.24, 2.45) is 0 Å². The Morgan fingerprint density at radius 1 is 1.00 bits per heavy atom. The minimum atomic E-state index is -1.82. The summed E-state index contributed by atoms with van der Waals surface area (Å²) < 4.78 is -1.82. The van der Waals surface area contributed by atoms with E-state index in [-0.39, 0.29) is 16.6 Å². The van der Waals surface area contributed by atoms with Gasteiger partial charge in [0.1, 0.15) is 6.17 Å².